The zero-order valence-corrected chi connectivity index (χ0v) is 9.20. The Morgan fingerprint density at radius 2 is 1.80 bits per heavy atom. The number of hydrogen-bond donors (Lipinski definition) is 3. The first kappa shape index (κ1) is 14.2. The number of nitrogens with two attached hydrogens (primary N) is 1. The van der Waals surface area contributed by atoms with E-state index < -0.39 is 18.1 Å². The van der Waals surface area contributed by atoms with Gasteiger partial charge in [-0.15, -0.1) is 12.4 Å². The molecule has 0 fully saturated rings. The Kier molecular flexibility index (Phi) is 5.60. The van der Waals surface area contributed by atoms with E-state index in [0.29, 0.717) is 10.6 Å². The van der Waals surface area contributed by atoms with Crippen LogP contribution < -0.4 is 5.73 Å². The van der Waals surface area contributed by atoms with Crippen molar-refractivity contribution in [2.24, 2.45) is 5.73 Å². The molecule has 84 valence electrons. The van der Waals surface area contributed by atoms with E-state index in [0.717, 1.165) is 0 Å². The number of carboxylic acids is 1. The molecule has 0 saturated heterocycles. The Hall–Kier alpha value is -0.810. The standard InChI is InChI=1S/C9H10ClNO3.ClH/c10-6-3-1-5(2-4-6)8(12)7(11)9(13)14;/h1-4,7-8,12H,11H2,(H,13,14);1H/t7-,8+;/m1./s1. The summed E-state index contributed by atoms with van der Waals surface area (Å²) in [7, 11) is 0. The van der Waals surface area contributed by atoms with Gasteiger partial charge in [-0.1, -0.05) is 23.7 Å². The molecule has 1 aromatic rings. The molecule has 0 amide bonds. The minimum atomic E-state index is -1.32. The van der Waals surface area contributed by atoms with Gasteiger partial charge in [-0.3, -0.25) is 4.79 Å². The van der Waals surface area contributed by atoms with Crippen molar-refractivity contribution >= 4 is 30.0 Å². The van der Waals surface area contributed by atoms with Crippen molar-refractivity contribution in [1.82, 2.24) is 0 Å². The predicted molar refractivity (Wildman–Crippen MR) is 59.3 cm³/mol. The smallest absolute Gasteiger partial charge is 0.323 e. The molecule has 0 aliphatic heterocycles. The van der Waals surface area contributed by atoms with Crippen LogP contribution in [0.2, 0.25) is 5.02 Å². The largest absolute Gasteiger partial charge is 0.480 e. The quantitative estimate of drug-likeness (QED) is 0.754. The summed E-state index contributed by atoms with van der Waals surface area (Å²) in [5.74, 6) is -1.24. The summed E-state index contributed by atoms with van der Waals surface area (Å²) in [6.07, 6.45) is -1.22. The van der Waals surface area contributed by atoms with Gasteiger partial charge >= 0.3 is 5.97 Å². The normalized spacial score (nSPS) is 13.8. The van der Waals surface area contributed by atoms with Crippen molar-refractivity contribution < 1.29 is 15.0 Å². The zero-order chi connectivity index (χ0) is 10.7. The van der Waals surface area contributed by atoms with Gasteiger partial charge in [0, 0.05) is 5.02 Å². The summed E-state index contributed by atoms with van der Waals surface area (Å²) in [6.45, 7) is 0. The molecule has 1 aromatic carbocycles. The van der Waals surface area contributed by atoms with Gasteiger partial charge in [0.2, 0.25) is 0 Å². The maximum absolute atomic E-state index is 10.5. The molecule has 0 saturated carbocycles. The summed E-state index contributed by atoms with van der Waals surface area (Å²) in [5.41, 5.74) is 5.68. The fourth-order valence-corrected chi connectivity index (χ4v) is 1.13. The highest BCUT2D eigenvalue weighted by Crippen LogP contribution is 2.18. The van der Waals surface area contributed by atoms with Crippen LogP contribution in [0.15, 0.2) is 24.3 Å². The number of carbonyl (C=O) groups is 1. The zero-order valence-electron chi connectivity index (χ0n) is 7.63. The highest BCUT2D eigenvalue weighted by atomic mass is 35.5. The number of carboxylic acid groups (broad SMARTS) is 1. The molecule has 0 aliphatic carbocycles. The molecule has 0 radical (unpaired) electrons. The van der Waals surface area contributed by atoms with Crippen LogP contribution in [-0.4, -0.2) is 22.2 Å². The number of benzene rings is 1. The third-order valence-corrected chi connectivity index (χ3v) is 2.09. The van der Waals surface area contributed by atoms with Gasteiger partial charge in [0.25, 0.3) is 0 Å². The first-order chi connectivity index (χ1) is 6.52. The van der Waals surface area contributed by atoms with Crippen LogP contribution in [0.3, 0.4) is 0 Å². The van der Waals surface area contributed by atoms with Crippen molar-refractivity contribution in [2.45, 2.75) is 12.1 Å². The Labute approximate surface area is 98.1 Å². The van der Waals surface area contributed by atoms with E-state index in [-0.39, 0.29) is 12.4 Å². The van der Waals surface area contributed by atoms with Gasteiger partial charge in [0.05, 0.1) is 0 Å². The van der Waals surface area contributed by atoms with Crippen LogP contribution in [-0.2, 0) is 4.79 Å². The molecule has 1 rings (SSSR count). The molecular formula is C9H11Cl2NO3. The summed E-state index contributed by atoms with van der Waals surface area (Å²) >= 11 is 5.63. The Morgan fingerprint density at radius 3 is 2.20 bits per heavy atom. The predicted octanol–water partition coefficient (Wildman–Crippen LogP) is 1.21. The SMILES string of the molecule is Cl.N[C@@H](C(=O)O)[C@@H](O)c1ccc(Cl)cc1. The van der Waals surface area contributed by atoms with E-state index in [4.69, 9.17) is 22.4 Å². The fourth-order valence-electron chi connectivity index (χ4n) is 1.00. The molecule has 15 heavy (non-hydrogen) atoms. The van der Waals surface area contributed by atoms with Crippen molar-refractivity contribution in [2.75, 3.05) is 0 Å². The van der Waals surface area contributed by atoms with E-state index >= 15 is 0 Å². The lowest BCUT2D eigenvalue weighted by Gasteiger charge is -2.14. The molecule has 0 heterocycles. The number of halogens is 2. The molecule has 2 atom stereocenters. The molecule has 0 unspecified atom stereocenters. The summed E-state index contributed by atoms with van der Waals surface area (Å²) in [4.78, 5) is 10.5. The highest BCUT2D eigenvalue weighted by molar-refractivity contribution is 6.30. The third-order valence-electron chi connectivity index (χ3n) is 1.84. The Bertz CT molecular complexity index is 329. The maximum atomic E-state index is 10.5. The number of aliphatic hydroxyl groups is 1. The number of aliphatic hydroxyl groups excluding tert-OH is 1. The van der Waals surface area contributed by atoms with E-state index in [1.165, 1.54) is 12.1 Å². The summed E-state index contributed by atoms with van der Waals surface area (Å²) < 4.78 is 0. The Balaban J connectivity index is 0.00000196. The van der Waals surface area contributed by atoms with E-state index in [9.17, 15) is 9.90 Å². The van der Waals surface area contributed by atoms with E-state index in [1.54, 1.807) is 12.1 Å². The van der Waals surface area contributed by atoms with Crippen LogP contribution in [0.25, 0.3) is 0 Å². The first-order valence-corrected chi connectivity index (χ1v) is 4.32. The van der Waals surface area contributed by atoms with E-state index in [2.05, 4.69) is 0 Å². The molecule has 4 N–H and O–H groups in total. The van der Waals surface area contributed by atoms with Crippen molar-refractivity contribution in [3.63, 3.8) is 0 Å². The molecule has 0 aromatic heterocycles. The van der Waals surface area contributed by atoms with Crippen molar-refractivity contribution in [1.29, 1.82) is 0 Å². The topological polar surface area (TPSA) is 83.6 Å². The van der Waals surface area contributed by atoms with Gasteiger partial charge in [-0.05, 0) is 17.7 Å². The molecule has 6 heteroatoms. The lowest BCUT2D eigenvalue weighted by atomic mass is 10.0. The minimum absolute atomic E-state index is 0. The van der Waals surface area contributed by atoms with Gasteiger partial charge in [-0.2, -0.15) is 0 Å². The lowest BCUT2D eigenvalue weighted by Crippen LogP contribution is -2.36. The number of rotatable bonds is 3. The van der Waals surface area contributed by atoms with Crippen molar-refractivity contribution in [3.05, 3.63) is 34.9 Å². The summed E-state index contributed by atoms with van der Waals surface area (Å²) in [6, 6.07) is 4.88. The molecule has 4 nitrogen and oxygen atoms in total. The average Bonchev–Trinajstić information content (AvgIpc) is 2.16. The second-order valence-electron chi connectivity index (χ2n) is 2.86. The van der Waals surface area contributed by atoms with Crippen LogP contribution in [0.4, 0.5) is 0 Å². The lowest BCUT2D eigenvalue weighted by molar-refractivity contribution is -0.141. The molecular weight excluding hydrogens is 241 g/mol. The Morgan fingerprint density at radius 1 is 1.33 bits per heavy atom. The molecule has 0 spiro atoms. The minimum Gasteiger partial charge on any atom is -0.480 e. The van der Waals surface area contributed by atoms with Gasteiger partial charge in [-0.25, -0.2) is 0 Å². The van der Waals surface area contributed by atoms with Crippen LogP contribution >= 0.6 is 24.0 Å². The average molecular weight is 252 g/mol. The molecule has 0 bridgehead atoms. The van der Waals surface area contributed by atoms with Gasteiger partial charge in [0.15, 0.2) is 0 Å². The highest BCUT2D eigenvalue weighted by Gasteiger charge is 2.23. The first-order valence-electron chi connectivity index (χ1n) is 3.94. The second kappa shape index (κ2) is 5.92. The third kappa shape index (κ3) is 3.68. The number of hydrogen-bond acceptors (Lipinski definition) is 3. The molecule has 0 aliphatic rings. The van der Waals surface area contributed by atoms with Gasteiger partial charge < -0.3 is 15.9 Å². The van der Waals surface area contributed by atoms with Crippen LogP contribution in [0.1, 0.15) is 11.7 Å². The number of aliphatic carboxylic acids is 1. The monoisotopic (exact) mass is 251 g/mol. The van der Waals surface area contributed by atoms with Crippen LogP contribution in [0.5, 0.6) is 0 Å². The second-order valence-corrected chi connectivity index (χ2v) is 3.30. The maximum Gasteiger partial charge on any atom is 0.323 e. The fraction of sp³-hybridized carbons (Fsp3) is 0.222. The van der Waals surface area contributed by atoms with E-state index in [1.807, 2.05) is 0 Å². The van der Waals surface area contributed by atoms with Crippen molar-refractivity contribution in [3.8, 4) is 0 Å². The van der Waals surface area contributed by atoms with Gasteiger partial charge in [0.1, 0.15) is 12.1 Å². The van der Waals surface area contributed by atoms with Crippen LogP contribution in [0, 0.1) is 0 Å². The summed E-state index contributed by atoms with van der Waals surface area (Å²) in [5, 5.41) is 18.6.